The van der Waals surface area contributed by atoms with Gasteiger partial charge in [-0.3, -0.25) is 14.4 Å². The number of rotatable bonds is 5. The lowest BCUT2D eigenvalue weighted by molar-refractivity contribution is -0.156. The molecule has 0 heterocycles. The average molecular weight is 190 g/mol. The SMILES string of the molecule is CC(CC(=O)O)OC(=O)CC(=O)O. The van der Waals surface area contributed by atoms with E-state index >= 15 is 0 Å². The van der Waals surface area contributed by atoms with E-state index in [0.717, 1.165) is 0 Å². The van der Waals surface area contributed by atoms with E-state index in [-0.39, 0.29) is 6.42 Å². The predicted octanol–water partition coefficient (Wildman–Crippen LogP) is -0.132. The van der Waals surface area contributed by atoms with Crippen molar-refractivity contribution in [2.45, 2.75) is 25.9 Å². The summed E-state index contributed by atoms with van der Waals surface area (Å²) >= 11 is 0. The minimum absolute atomic E-state index is 0.328. The second-order valence-corrected chi connectivity index (χ2v) is 2.47. The summed E-state index contributed by atoms with van der Waals surface area (Å²) in [4.78, 5) is 30.8. The van der Waals surface area contributed by atoms with Crippen LogP contribution in [0.5, 0.6) is 0 Å². The lowest BCUT2D eigenvalue weighted by Gasteiger charge is -2.09. The van der Waals surface area contributed by atoms with Gasteiger partial charge in [-0.25, -0.2) is 0 Å². The smallest absolute Gasteiger partial charge is 0.317 e. The number of aliphatic carboxylic acids is 2. The molecule has 0 fully saturated rings. The first kappa shape index (κ1) is 11.4. The van der Waals surface area contributed by atoms with Gasteiger partial charge in [0.1, 0.15) is 12.5 Å². The third kappa shape index (κ3) is 6.79. The molecule has 6 heteroatoms. The highest BCUT2D eigenvalue weighted by molar-refractivity contribution is 5.90. The highest BCUT2D eigenvalue weighted by Gasteiger charge is 2.15. The van der Waals surface area contributed by atoms with Crippen LogP contribution in [0.3, 0.4) is 0 Å². The maximum atomic E-state index is 10.6. The van der Waals surface area contributed by atoms with Crippen LogP contribution in [0.2, 0.25) is 0 Å². The summed E-state index contributed by atoms with van der Waals surface area (Å²) in [5.74, 6) is -3.33. The Morgan fingerprint density at radius 1 is 1.23 bits per heavy atom. The van der Waals surface area contributed by atoms with Crippen molar-refractivity contribution in [2.24, 2.45) is 0 Å². The third-order valence-corrected chi connectivity index (χ3v) is 1.09. The summed E-state index contributed by atoms with van der Waals surface area (Å²) in [5.41, 5.74) is 0. The Morgan fingerprint density at radius 2 is 1.77 bits per heavy atom. The van der Waals surface area contributed by atoms with Crippen LogP contribution in [-0.2, 0) is 19.1 Å². The van der Waals surface area contributed by atoms with Gasteiger partial charge in [-0.15, -0.1) is 0 Å². The third-order valence-electron chi connectivity index (χ3n) is 1.09. The van der Waals surface area contributed by atoms with Crippen molar-refractivity contribution in [3.8, 4) is 0 Å². The van der Waals surface area contributed by atoms with Crippen LogP contribution in [0.15, 0.2) is 0 Å². The molecule has 0 aromatic carbocycles. The maximum absolute atomic E-state index is 10.6. The second-order valence-electron chi connectivity index (χ2n) is 2.47. The number of carboxylic acid groups (broad SMARTS) is 2. The van der Waals surface area contributed by atoms with Crippen LogP contribution < -0.4 is 0 Å². The van der Waals surface area contributed by atoms with Gasteiger partial charge in [-0.1, -0.05) is 0 Å². The zero-order valence-electron chi connectivity index (χ0n) is 7.02. The van der Waals surface area contributed by atoms with Gasteiger partial charge in [-0.2, -0.15) is 0 Å². The summed E-state index contributed by atoms with van der Waals surface area (Å²) in [7, 11) is 0. The lowest BCUT2D eigenvalue weighted by Crippen LogP contribution is -2.20. The minimum Gasteiger partial charge on any atom is -0.481 e. The molecule has 0 spiro atoms. The van der Waals surface area contributed by atoms with E-state index in [0.29, 0.717) is 0 Å². The Labute approximate surface area is 74.1 Å². The highest BCUT2D eigenvalue weighted by atomic mass is 16.5. The van der Waals surface area contributed by atoms with Crippen molar-refractivity contribution < 1.29 is 29.3 Å². The van der Waals surface area contributed by atoms with Crippen LogP contribution in [0.4, 0.5) is 0 Å². The predicted molar refractivity (Wildman–Crippen MR) is 40.1 cm³/mol. The molecule has 13 heavy (non-hydrogen) atoms. The highest BCUT2D eigenvalue weighted by Crippen LogP contribution is 1.99. The Bertz CT molecular complexity index is 221. The van der Waals surface area contributed by atoms with Crippen molar-refractivity contribution in [1.29, 1.82) is 0 Å². The van der Waals surface area contributed by atoms with E-state index in [2.05, 4.69) is 4.74 Å². The van der Waals surface area contributed by atoms with Crippen molar-refractivity contribution in [3.05, 3.63) is 0 Å². The molecular weight excluding hydrogens is 180 g/mol. The number of hydrogen-bond acceptors (Lipinski definition) is 4. The van der Waals surface area contributed by atoms with Gasteiger partial charge in [0.25, 0.3) is 0 Å². The number of carbonyl (C=O) groups is 3. The molecular formula is C7H10O6. The lowest BCUT2D eigenvalue weighted by atomic mass is 10.3. The average Bonchev–Trinajstić information content (AvgIpc) is 1.80. The summed E-state index contributed by atoms with van der Waals surface area (Å²) < 4.78 is 4.47. The number of carboxylic acids is 2. The summed E-state index contributed by atoms with van der Waals surface area (Å²) in [6.07, 6.45) is -1.88. The van der Waals surface area contributed by atoms with E-state index in [1.54, 1.807) is 0 Å². The topological polar surface area (TPSA) is 101 Å². The van der Waals surface area contributed by atoms with Crippen LogP contribution in [0.1, 0.15) is 19.8 Å². The van der Waals surface area contributed by atoms with Gasteiger partial charge in [0.05, 0.1) is 6.42 Å². The van der Waals surface area contributed by atoms with Gasteiger partial charge in [-0.05, 0) is 6.92 Å². The molecule has 74 valence electrons. The molecule has 0 radical (unpaired) electrons. The Kier molecular flexibility index (Phi) is 4.50. The molecule has 0 aliphatic carbocycles. The number of esters is 1. The van der Waals surface area contributed by atoms with Crippen LogP contribution >= 0.6 is 0 Å². The van der Waals surface area contributed by atoms with Crippen LogP contribution in [-0.4, -0.2) is 34.2 Å². The van der Waals surface area contributed by atoms with Crippen LogP contribution in [0.25, 0.3) is 0 Å². The Balaban J connectivity index is 3.78. The van der Waals surface area contributed by atoms with Gasteiger partial charge in [0, 0.05) is 0 Å². The molecule has 0 bridgehead atoms. The van der Waals surface area contributed by atoms with E-state index in [4.69, 9.17) is 10.2 Å². The Morgan fingerprint density at radius 3 is 2.15 bits per heavy atom. The molecule has 0 aromatic rings. The minimum atomic E-state index is -1.30. The molecule has 1 atom stereocenters. The molecule has 0 saturated heterocycles. The molecule has 0 aliphatic heterocycles. The fourth-order valence-electron chi connectivity index (χ4n) is 0.677. The van der Waals surface area contributed by atoms with Gasteiger partial charge >= 0.3 is 17.9 Å². The van der Waals surface area contributed by atoms with E-state index < -0.39 is 30.4 Å². The fourth-order valence-corrected chi connectivity index (χ4v) is 0.677. The first-order valence-electron chi connectivity index (χ1n) is 3.55. The molecule has 0 saturated carbocycles. The van der Waals surface area contributed by atoms with Gasteiger partial charge in [0.2, 0.25) is 0 Å². The zero-order valence-corrected chi connectivity index (χ0v) is 7.02. The van der Waals surface area contributed by atoms with Crippen molar-refractivity contribution >= 4 is 17.9 Å². The molecule has 2 N–H and O–H groups in total. The number of carbonyl (C=O) groups excluding carboxylic acids is 1. The van der Waals surface area contributed by atoms with Gasteiger partial charge < -0.3 is 14.9 Å². The van der Waals surface area contributed by atoms with Crippen molar-refractivity contribution in [3.63, 3.8) is 0 Å². The molecule has 0 aromatic heterocycles. The molecule has 0 rings (SSSR count). The van der Waals surface area contributed by atoms with Crippen molar-refractivity contribution in [2.75, 3.05) is 0 Å². The number of ether oxygens (including phenoxy) is 1. The van der Waals surface area contributed by atoms with E-state index in [9.17, 15) is 14.4 Å². The maximum Gasteiger partial charge on any atom is 0.317 e. The quantitative estimate of drug-likeness (QED) is 0.462. The van der Waals surface area contributed by atoms with Crippen molar-refractivity contribution in [1.82, 2.24) is 0 Å². The largest absolute Gasteiger partial charge is 0.481 e. The first-order chi connectivity index (χ1) is 5.91. The van der Waals surface area contributed by atoms with Gasteiger partial charge in [0.15, 0.2) is 0 Å². The summed E-state index contributed by atoms with van der Waals surface area (Å²) in [5, 5.41) is 16.4. The second kappa shape index (κ2) is 5.13. The van der Waals surface area contributed by atoms with Crippen LogP contribution in [0, 0.1) is 0 Å². The molecule has 0 aliphatic rings. The molecule has 6 nitrogen and oxygen atoms in total. The normalized spacial score (nSPS) is 11.8. The zero-order chi connectivity index (χ0) is 10.4. The molecule has 0 amide bonds. The first-order valence-corrected chi connectivity index (χ1v) is 3.55. The molecule has 1 unspecified atom stereocenters. The Hall–Kier alpha value is -1.59. The van der Waals surface area contributed by atoms with E-state index in [1.165, 1.54) is 6.92 Å². The monoisotopic (exact) mass is 190 g/mol. The number of hydrogen-bond donors (Lipinski definition) is 2. The summed E-state index contributed by atoms with van der Waals surface area (Å²) in [6.45, 7) is 1.38. The van der Waals surface area contributed by atoms with E-state index in [1.807, 2.05) is 0 Å². The standard InChI is InChI=1S/C7H10O6/c1-4(2-5(8)9)13-7(12)3-6(10)11/h4H,2-3H2,1H3,(H,8,9)(H,10,11). The summed E-state index contributed by atoms with van der Waals surface area (Å²) in [6, 6.07) is 0. The fraction of sp³-hybridized carbons (Fsp3) is 0.571.